The Morgan fingerprint density at radius 2 is 2.00 bits per heavy atom. The molecule has 0 bridgehead atoms. The Morgan fingerprint density at radius 3 is 2.78 bits per heavy atom. The molecule has 0 saturated heterocycles. The highest BCUT2D eigenvalue weighted by molar-refractivity contribution is 6.11. The fraction of sp³-hybridized carbons (Fsp3) is 0.294. The van der Waals surface area contributed by atoms with Crippen molar-refractivity contribution in [1.82, 2.24) is 19.7 Å². The number of carbonyl (C=O) groups is 1. The maximum absolute atomic E-state index is 12.7. The van der Waals surface area contributed by atoms with Crippen molar-refractivity contribution in [3.05, 3.63) is 47.5 Å². The lowest BCUT2D eigenvalue weighted by atomic mass is 10.1. The fourth-order valence-electron chi connectivity index (χ4n) is 2.66. The van der Waals surface area contributed by atoms with E-state index in [-0.39, 0.29) is 5.91 Å². The summed E-state index contributed by atoms with van der Waals surface area (Å²) in [4.78, 5) is 21.2. The minimum Gasteiger partial charge on any atom is -0.319 e. The summed E-state index contributed by atoms with van der Waals surface area (Å²) in [6.07, 6.45) is 4.20. The first-order valence-electron chi connectivity index (χ1n) is 7.67. The van der Waals surface area contributed by atoms with Crippen LogP contribution < -0.4 is 5.32 Å². The molecule has 0 atom stereocenters. The number of nitrogens with one attached hydrogen (secondary N) is 1. The predicted octanol–water partition coefficient (Wildman–Crippen LogP) is 3.11. The molecule has 0 unspecified atom stereocenters. The van der Waals surface area contributed by atoms with E-state index in [2.05, 4.69) is 27.3 Å². The van der Waals surface area contributed by atoms with Crippen LogP contribution >= 0.6 is 0 Å². The van der Waals surface area contributed by atoms with Gasteiger partial charge in [0.05, 0.1) is 28.2 Å². The van der Waals surface area contributed by atoms with Gasteiger partial charge in [-0.1, -0.05) is 13.0 Å². The molecule has 0 fully saturated rings. The van der Waals surface area contributed by atoms with Crippen molar-refractivity contribution in [3.8, 4) is 0 Å². The lowest BCUT2D eigenvalue weighted by molar-refractivity contribution is 0.102. The average Bonchev–Trinajstić information content (AvgIpc) is 2.82. The normalized spacial score (nSPS) is 10.9. The highest BCUT2D eigenvalue weighted by Gasteiger charge is 2.17. The molecule has 0 aliphatic carbocycles. The van der Waals surface area contributed by atoms with Gasteiger partial charge in [0.25, 0.3) is 5.91 Å². The first-order chi connectivity index (χ1) is 11.1. The van der Waals surface area contributed by atoms with E-state index in [1.807, 2.05) is 30.7 Å². The smallest absolute Gasteiger partial charge is 0.258 e. The first-order valence-corrected chi connectivity index (χ1v) is 7.67. The number of fused-ring (bicyclic) bond motifs is 1. The average molecular weight is 309 g/mol. The Hall–Kier alpha value is -2.76. The predicted molar refractivity (Wildman–Crippen MR) is 89.5 cm³/mol. The highest BCUT2D eigenvalue weighted by Crippen LogP contribution is 2.22. The summed E-state index contributed by atoms with van der Waals surface area (Å²) in [5, 5.41) is 7.46. The Balaban J connectivity index is 1.96. The van der Waals surface area contributed by atoms with Crippen molar-refractivity contribution in [2.45, 2.75) is 33.7 Å². The lowest BCUT2D eigenvalue weighted by Gasteiger charge is -2.08. The summed E-state index contributed by atoms with van der Waals surface area (Å²) in [5.41, 5.74) is 4.36. The van der Waals surface area contributed by atoms with Gasteiger partial charge < -0.3 is 5.32 Å². The molecule has 118 valence electrons. The van der Waals surface area contributed by atoms with Crippen LogP contribution in [-0.2, 0) is 6.54 Å². The van der Waals surface area contributed by atoms with Gasteiger partial charge in [0.1, 0.15) is 5.52 Å². The van der Waals surface area contributed by atoms with Gasteiger partial charge in [-0.05, 0) is 32.4 Å². The van der Waals surface area contributed by atoms with Crippen molar-refractivity contribution < 1.29 is 4.79 Å². The van der Waals surface area contributed by atoms with Gasteiger partial charge in [0.15, 0.2) is 0 Å². The number of hydrogen-bond donors (Lipinski definition) is 1. The number of amides is 1. The Bertz CT molecular complexity index is 863. The third-order valence-corrected chi connectivity index (χ3v) is 3.80. The number of aromatic nitrogens is 4. The van der Waals surface area contributed by atoms with Gasteiger partial charge in [-0.25, -0.2) is 0 Å². The van der Waals surface area contributed by atoms with Gasteiger partial charge in [-0.3, -0.25) is 19.4 Å². The molecule has 1 amide bonds. The monoisotopic (exact) mass is 309 g/mol. The zero-order valence-electron chi connectivity index (χ0n) is 13.5. The van der Waals surface area contributed by atoms with E-state index in [1.54, 1.807) is 18.5 Å². The zero-order chi connectivity index (χ0) is 16.4. The zero-order valence-corrected chi connectivity index (χ0v) is 13.5. The molecule has 1 N–H and O–H groups in total. The van der Waals surface area contributed by atoms with Gasteiger partial charge in [0, 0.05) is 18.9 Å². The summed E-state index contributed by atoms with van der Waals surface area (Å²) in [7, 11) is 0. The van der Waals surface area contributed by atoms with Gasteiger partial charge >= 0.3 is 0 Å². The Labute approximate surface area is 134 Å². The number of aryl methyl sites for hydroxylation is 2. The molecular formula is C17H19N5O. The van der Waals surface area contributed by atoms with Crippen LogP contribution in [0.1, 0.15) is 35.1 Å². The van der Waals surface area contributed by atoms with Crippen LogP contribution in [0.15, 0.2) is 30.6 Å². The molecule has 0 radical (unpaired) electrons. The van der Waals surface area contributed by atoms with Crippen molar-refractivity contribution in [1.29, 1.82) is 0 Å². The number of hydrogen-bond acceptors (Lipinski definition) is 4. The van der Waals surface area contributed by atoms with Crippen LogP contribution in [0.5, 0.6) is 0 Å². The number of para-hydroxylation sites is 1. The van der Waals surface area contributed by atoms with Crippen LogP contribution in [0.25, 0.3) is 11.0 Å². The minimum absolute atomic E-state index is 0.196. The van der Waals surface area contributed by atoms with E-state index in [9.17, 15) is 4.79 Å². The molecular weight excluding hydrogens is 290 g/mol. The quantitative estimate of drug-likeness (QED) is 0.803. The third kappa shape index (κ3) is 2.79. The number of rotatable bonds is 4. The third-order valence-electron chi connectivity index (χ3n) is 3.80. The van der Waals surface area contributed by atoms with Crippen LogP contribution in [0.2, 0.25) is 0 Å². The number of nitrogens with zero attached hydrogens (tertiary/aromatic N) is 4. The largest absolute Gasteiger partial charge is 0.319 e. The van der Waals surface area contributed by atoms with E-state index in [0.29, 0.717) is 16.6 Å². The van der Waals surface area contributed by atoms with E-state index in [4.69, 9.17) is 0 Å². The molecule has 23 heavy (non-hydrogen) atoms. The lowest BCUT2D eigenvalue weighted by Crippen LogP contribution is -2.14. The summed E-state index contributed by atoms with van der Waals surface area (Å²) < 4.78 is 1.92. The van der Waals surface area contributed by atoms with Gasteiger partial charge in [-0.2, -0.15) is 5.10 Å². The van der Waals surface area contributed by atoms with Crippen LogP contribution in [-0.4, -0.2) is 25.7 Å². The second-order valence-corrected chi connectivity index (χ2v) is 5.45. The molecule has 0 spiro atoms. The van der Waals surface area contributed by atoms with Crippen LogP contribution in [0.3, 0.4) is 0 Å². The van der Waals surface area contributed by atoms with Crippen LogP contribution in [0.4, 0.5) is 5.69 Å². The Morgan fingerprint density at radius 1 is 1.22 bits per heavy atom. The molecule has 0 aliphatic rings. The van der Waals surface area contributed by atoms with Crippen molar-refractivity contribution in [2.75, 3.05) is 5.32 Å². The maximum atomic E-state index is 12.7. The maximum Gasteiger partial charge on any atom is 0.258 e. The summed E-state index contributed by atoms with van der Waals surface area (Å²) in [5.74, 6) is -0.196. The van der Waals surface area contributed by atoms with E-state index in [1.165, 1.54) is 0 Å². The standard InChI is InChI=1S/C17H19N5O/c1-4-10-22-12(3)15(11(2)21-22)20-17(23)13-6-5-7-14-16(13)19-9-8-18-14/h5-9H,4,10H2,1-3H3,(H,20,23). The van der Waals surface area contributed by atoms with Gasteiger partial charge in [-0.15, -0.1) is 0 Å². The summed E-state index contributed by atoms with van der Waals surface area (Å²) in [6.45, 7) is 6.80. The number of benzene rings is 1. The molecule has 2 aromatic heterocycles. The molecule has 6 nitrogen and oxygen atoms in total. The molecule has 0 saturated carbocycles. The SMILES string of the molecule is CCCn1nc(C)c(NC(=O)c2cccc3nccnc23)c1C. The highest BCUT2D eigenvalue weighted by atomic mass is 16.1. The molecule has 3 rings (SSSR count). The topological polar surface area (TPSA) is 72.7 Å². The fourth-order valence-corrected chi connectivity index (χ4v) is 2.66. The van der Waals surface area contributed by atoms with Gasteiger partial charge in [0.2, 0.25) is 0 Å². The second-order valence-electron chi connectivity index (χ2n) is 5.45. The number of carbonyl (C=O) groups excluding carboxylic acids is 1. The number of anilines is 1. The van der Waals surface area contributed by atoms with Crippen molar-refractivity contribution in [3.63, 3.8) is 0 Å². The van der Waals surface area contributed by atoms with E-state index >= 15 is 0 Å². The molecule has 6 heteroatoms. The Kier molecular flexibility index (Phi) is 4.06. The minimum atomic E-state index is -0.196. The summed E-state index contributed by atoms with van der Waals surface area (Å²) >= 11 is 0. The molecule has 2 heterocycles. The van der Waals surface area contributed by atoms with Crippen molar-refractivity contribution >= 4 is 22.6 Å². The van der Waals surface area contributed by atoms with E-state index < -0.39 is 0 Å². The van der Waals surface area contributed by atoms with Crippen LogP contribution in [0, 0.1) is 13.8 Å². The molecule has 1 aromatic carbocycles. The van der Waals surface area contributed by atoms with Crippen molar-refractivity contribution in [2.24, 2.45) is 0 Å². The first kappa shape index (κ1) is 15.1. The second kappa shape index (κ2) is 6.16. The molecule has 3 aromatic rings. The summed E-state index contributed by atoms with van der Waals surface area (Å²) in [6, 6.07) is 5.41. The molecule has 0 aliphatic heterocycles. The van der Waals surface area contributed by atoms with E-state index in [0.717, 1.165) is 30.0 Å².